The maximum absolute atomic E-state index is 13.6. The van der Waals surface area contributed by atoms with E-state index in [1.165, 1.54) is 0 Å². The number of aliphatic hydroxyl groups is 1. The Morgan fingerprint density at radius 1 is 1.11 bits per heavy atom. The molecule has 8 heteroatoms. The van der Waals surface area contributed by atoms with Crippen LogP contribution in [0.5, 0.6) is 5.75 Å². The first-order valence-corrected chi connectivity index (χ1v) is 11.8. The highest BCUT2D eigenvalue weighted by Gasteiger charge is 2.22. The van der Waals surface area contributed by atoms with Crippen molar-refractivity contribution >= 4 is 44.0 Å². The molecule has 0 atom stereocenters. The Bertz CT molecular complexity index is 1660. The Hall–Kier alpha value is -4.01. The summed E-state index contributed by atoms with van der Waals surface area (Å²) in [6.45, 7) is 6.67. The van der Waals surface area contributed by atoms with Crippen molar-refractivity contribution in [2.45, 2.75) is 13.3 Å². The third-order valence-corrected chi connectivity index (χ3v) is 6.16. The normalized spacial score (nSPS) is 11.6. The number of amides is 1. The number of hydrogen-bond donors (Lipinski definition) is 2. The van der Waals surface area contributed by atoms with Gasteiger partial charge < -0.3 is 19.9 Å². The number of nitrogens with zero attached hydrogens (tertiary/aromatic N) is 2. The van der Waals surface area contributed by atoms with Gasteiger partial charge in [0.1, 0.15) is 5.75 Å². The van der Waals surface area contributed by atoms with Crippen molar-refractivity contribution in [3.63, 3.8) is 0 Å². The largest absolute Gasteiger partial charge is 0.483 e. The van der Waals surface area contributed by atoms with Crippen LogP contribution in [0.15, 0.2) is 65.6 Å². The van der Waals surface area contributed by atoms with Crippen LogP contribution in [0.25, 0.3) is 38.1 Å². The maximum atomic E-state index is 13.6. The Morgan fingerprint density at radius 3 is 2.69 bits per heavy atom. The van der Waals surface area contributed by atoms with Crippen molar-refractivity contribution in [3.8, 4) is 5.75 Å². The molecule has 5 rings (SSSR count). The smallest absolute Gasteiger partial charge is 0.263 e. The van der Waals surface area contributed by atoms with Gasteiger partial charge in [-0.15, -0.1) is 0 Å². The van der Waals surface area contributed by atoms with Crippen molar-refractivity contribution in [2.75, 3.05) is 33.0 Å². The van der Waals surface area contributed by atoms with E-state index < -0.39 is 0 Å². The van der Waals surface area contributed by atoms with Gasteiger partial charge in [0.15, 0.2) is 6.61 Å². The number of aromatic nitrogens is 2. The van der Waals surface area contributed by atoms with E-state index in [9.17, 15) is 9.59 Å². The topological polar surface area (TPSA) is 102 Å². The maximum Gasteiger partial charge on any atom is 0.263 e. The van der Waals surface area contributed by atoms with Gasteiger partial charge >= 0.3 is 0 Å². The Balaban J connectivity index is 1.60. The summed E-state index contributed by atoms with van der Waals surface area (Å²) in [7, 11) is 0. The fourth-order valence-electron chi connectivity index (χ4n) is 4.75. The zero-order valence-electron chi connectivity index (χ0n) is 20.0. The number of fused-ring (bicyclic) bond motifs is 5. The molecule has 1 amide bonds. The van der Waals surface area contributed by atoms with Crippen molar-refractivity contribution in [1.29, 1.82) is 0 Å². The van der Waals surface area contributed by atoms with Gasteiger partial charge in [-0.25, -0.2) is 0 Å². The molecule has 3 heterocycles. The van der Waals surface area contributed by atoms with E-state index in [0.717, 1.165) is 43.8 Å². The first-order chi connectivity index (χ1) is 17.5. The molecule has 0 fully saturated rings. The van der Waals surface area contributed by atoms with Gasteiger partial charge in [0, 0.05) is 39.8 Å². The summed E-state index contributed by atoms with van der Waals surface area (Å²) >= 11 is 0. The summed E-state index contributed by atoms with van der Waals surface area (Å²) < 4.78 is 12.9. The second-order valence-corrected chi connectivity index (χ2v) is 8.79. The number of allylic oxidation sites excluding steroid dienone is 1. The molecule has 3 aromatic heterocycles. The van der Waals surface area contributed by atoms with Crippen molar-refractivity contribution in [1.82, 2.24) is 14.7 Å². The van der Waals surface area contributed by atoms with E-state index >= 15 is 0 Å². The average Bonchev–Trinajstić information content (AvgIpc) is 3.22. The van der Waals surface area contributed by atoms with Gasteiger partial charge in [-0.2, -0.15) is 0 Å². The van der Waals surface area contributed by atoms with Crippen LogP contribution in [-0.2, 0) is 16.0 Å². The second-order valence-electron chi connectivity index (χ2n) is 8.79. The van der Waals surface area contributed by atoms with E-state index in [2.05, 4.69) is 16.9 Å². The summed E-state index contributed by atoms with van der Waals surface area (Å²) in [5.41, 5.74) is 4.02. The lowest BCUT2D eigenvalue weighted by molar-refractivity contribution is -0.123. The van der Waals surface area contributed by atoms with Gasteiger partial charge in [0.25, 0.3) is 11.5 Å². The Labute approximate surface area is 207 Å². The van der Waals surface area contributed by atoms with Crippen molar-refractivity contribution in [2.24, 2.45) is 0 Å². The highest BCUT2D eigenvalue weighted by Crippen LogP contribution is 2.38. The number of carbonyl (C=O) groups is 1. The van der Waals surface area contributed by atoms with E-state index in [1.807, 2.05) is 49.4 Å². The quantitative estimate of drug-likeness (QED) is 0.179. The zero-order chi connectivity index (χ0) is 25.2. The predicted octanol–water partition coefficient (Wildman–Crippen LogP) is 3.21. The third-order valence-electron chi connectivity index (χ3n) is 6.16. The fourth-order valence-corrected chi connectivity index (χ4v) is 4.75. The average molecular weight is 486 g/mol. The van der Waals surface area contributed by atoms with Crippen molar-refractivity contribution in [3.05, 3.63) is 76.7 Å². The van der Waals surface area contributed by atoms with Crippen LogP contribution in [0.1, 0.15) is 12.5 Å². The first kappa shape index (κ1) is 23.7. The molecule has 0 saturated heterocycles. The van der Waals surface area contributed by atoms with Gasteiger partial charge in [-0.05, 0) is 37.6 Å². The van der Waals surface area contributed by atoms with Crippen LogP contribution in [0.3, 0.4) is 0 Å². The van der Waals surface area contributed by atoms with Crippen LogP contribution >= 0.6 is 0 Å². The minimum Gasteiger partial charge on any atom is -0.483 e. The molecule has 8 nitrogen and oxygen atoms in total. The van der Waals surface area contributed by atoms with E-state index in [-0.39, 0.29) is 31.3 Å². The molecule has 5 aromatic rings. The summed E-state index contributed by atoms with van der Waals surface area (Å²) in [6, 6.07) is 13.1. The summed E-state index contributed by atoms with van der Waals surface area (Å²) in [4.78, 5) is 30.5. The highest BCUT2D eigenvalue weighted by molar-refractivity contribution is 6.19. The van der Waals surface area contributed by atoms with Gasteiger partial charge in [0.05, 0.1) is 36.4 Å². The lowest BCUT2D eigenvalue weighted by Gasteiger charge is -2.13. The van der Waals surface area contributed by atoms with Gasteiger partial charge in [-0.1, -0.05) is 30.4 Å². The van der Waals surface area contributed by atoms with Gasteiger partial charge in [0.2, 0.25) is 0 Å². The molecule has 0 radical (unpaired) electrons. The van der Waals surface area contributed by atoms with Crippen LogP contribution < -0.4 is 15.6 Å². The molecule has 0 aliphatic rings. The van der Waals surface area contributed by atoms with Crippen LogP contribution in [-0.4, -0.2) is 53.4 Å². The molecule has 2 aromatic carbocycles. The lowest BCUT2D eigenvalue weighted by atomic mass is 9.99. The van der Waals surface area contributed by atoms with E-state index in [4.69, 9.17) is 14.6 Å². The number of carbonyl (C=O) groups excluding carboxylic acids is 1. The summed E-state index contributed by atoms with van der Waals surface area (Å²) in [6.07, 6.45) is 2.29. The highest BCUT2D eigenvalue weighted by atomic mass is 16.5. The monoisotopic (exact) mass is 485 g/mol. The second kappa shape index (κ2) is 9.93. The molecule has 184 valence electrons. The molecule has 0 saturated carbocycles. The molecule has 36 heavy (non-hydrogen) atoms. The minimum absolute atomic E-state index is 0.0588. The number of hydrogen-bond acceptors (Lipinski definition) is 6. The van der Waals surface area contributed by atoms with Gasteiger partial charge in [-0.3, -0.25) is 19.0 Å². The SMILES string of the molecule is C=C(C)Cc1c(OCC(=O)NCCOCCO)ccc2c1c1ccnc3c4ccccc4c(=O)n2c13. The molecule has 0 bridgehead atoms. The molecular weight excluding hydrogens is 458 g/mol. The lowest BCUT2D eigenvalue weighted by Crippen LogP contribution is -2.32. The van der Waals surface area contributed by atoms with Crippen molar-refractivity contribution < 1.29 is 19.4 Å². The Morgan fingerprint density at radius 2 is 1.92 bits per heavy atom. The number of benzene rings is 2. The standard InChI is InChI=1S/C28H27N3O5/c1-17(2)15-21-23(36-16-24(33)29-11-13-35-14-12-32)8-7-22-25(21)20-9-10-30-26-18-5-3-4-6-19(18)28(34)31(22)27(20)26/h3-10,32H,1,11-16H2,2H3,(H,29,33). The van der Waals surface area contributed by atoms with Crippen LogP contribution in [0.4, 0.5) is 0 Å². The first-order valence-electron chi connectivity index (χ1n) is 11.8. The molecule has 2 N–H and O–H groups in total. The minimum atomic E-state index is -0.276. The molecule has 0 spiro atoms. The Kier molecular flexibility index (Phi) is 6.54. The summed E-state index contributed by atoms with van der Waals surface area (Å²) in [5.74, 6) is 0.292. The number of pyridine rings is 2. The number of aliphatic hydroxyl groups excluding tert-OH is 1. The van der Waals surface area contributed by atoms with Crippen LogP contribution in [0.2, 0.25) is 0 Å². The van der Waals surface area contributed by atoms with E-state index in [1.54, 1.807) is 10.6 Å². The number of nitrogens with one attached hydrogen (secondary N) is 1. The number of rotatable bonds is 10. The fraction of sp³-hybridized carbons (Fsp3) is 0.250. The van der Waals surface area contributed by atoms with Crippen LogP contribution in [0, 0.1) is 0 Å². The summed E-state index contributed by atoms with van der Waals surface area (Å²) in [5, 5.41) is 14.7. The zero-order valence-corrected chi connectivity index (χ0v) is 20.0. The number of ether oxygens (including phenoxy) is 2. The molecule has 0 aliphatic carbocycles. The molecule has 0 unspecified atom stereocenters. The predicted molar refractivity (Wildman–Crippen MR) is 140 cm³/mol. The van der Waals surface area contributed by atoms with E-state index in [0.29, 0.717) is 30.7 Å². The molecule has 0 aliphatic heterocycles. The molecular formula is C28H27N3O5. The third kappa shape index (κ3) is 4.14.